The minimum absolute atomic E-state index is 0.229. The van der Waals surface area contributed by atoms with E-state index < -0.39 is 27.3 Å². The molecule has 1 aromatic carbocycles. The number of hydrogen-bond acceptors (Lipinski definition) is 4. The van der Waals surface area contributed by atoms with Crippen LogP contribution in [0.25, 0.3) is 0 Å². The predicted molar refractivity (Wildman–Crippen MR) is 64.9 cm³/mol. The van der Waals surface area contributed by atoms with Crippen LogP contribution in [-0.4, -0.2) is 18.4 Å². The zero-order valence-corrected chi connectivity index (χ0v) is 10.6. The maximum absolute atomic E-state index is 13.4. The lowest BCUT2D eigenvalue weighted by atomic mass is 10.2. The SMILES string of the molecule is Cc1ncc(S(=O)(=O)Nc2cc(N)c(F)cc2F)[nH]1. The summed E-state index contributed by atoms with van der Waals surface area (Å²) in [6.07, 6.45) is 1.09. The lowest BCUT2D eigenvalue weighted by Crippen LogP contribution is -2.15. The third-order valence-corrected chi connectivity index (χ3v) is 3.57. The normalized spacial score (nSPS) is 11.5. The van der Waals surface area contributed by atoms with Gasteiger partial charge in [0.05, 0.1) is 17.6 Å². The number of aromatic amines is 1. The second-order valence-corrected chi connectivity index (χ2v) is 5.44. The van der Waals surface area contributed by atoms with Gasteiger partial charge in [-0.15, -0.1) is 0 Å². The summed E-state index contributed by atoms with van der Waals surface area (Å²) in [5.74, 6) is -1.64. The molecule has 1 heterocycles. The maximum atomic E-state index is 13.4. The topological polar surface area (TPSA) is 101 Å². The van der Waals surface area contributed by atoms with E-state index in [4.69, 9.17) is 5.73 Å². The van der Waals surface area contributed by atoms with Crippen LogP contribution < -0.4 is 10.5 Å². The van der Waals surface area contributed by atoms with E-state index in [1.165, 1.54) is 0 Å². The molecule has 0 aliphatic carbocycles. The van der Waals surface area contributed by atoms with E-state index in [2.05, 4.69) is 9.97 Å². The molecule has 0 unspecified atom stereocenters. The summed E-state index contributed by atoms with van der Waals surface area (Å²) >= 11 is 0. The molecule has 0 bridgehead atoms. The Hall–Kier alpha value is -2.16. The molecule has 0 saturated heterocycles. The van der Waals surface area contributed by atoms with Crippen molar-refractivity contribution in [2.75, 3.05) is 10.5 Å². The number of nitrogen functional groups attached to an aromatic ring is 1. The monoisotopic (exact) mass is 288 g/mol. The average molecular weight is 288 g/mol. The van der Waals surface area contributed by atoms with Crippen molar-refractivity contribution in [1.29, 1.82) is 0 Å². The van der Waals surface area contributed by atoms with Crippen LogP contribution in [0.3, 0.4) is 0 Å². The van der Waals surface area contributed by atoms with Crippen LogP contribution in [-0.2, 0) is 10.0 Å². The molecule has 19 heavy (non-hydrogen) atoms. The van der Waals surface area contributed by atoms with Gasteiger partial charge in [-0.3, -0.25) is 4.72 Å². The van der Waals surface area contributed by atoms with Crippen LogP contribution in [0.5, 0.6) is 0 Å². The maximum Gasteiger partial charge on any atom is 0.279 e. The van der Waals surface area contributed by atoms with Crippen LogP contribution in [0.2, 0.25) is 0 Å². The largest absolute Gasteiger partial charge is 0.396 e. The molecular formula is C10H10F2N4O2S. The summed E-state index contributed by atoms with van der Waals surface area (Å²) in [5.41, 5.74) is 4.45. The number of benzene rings is 1. The van der Waals surface area contributed by atoms with Gasteiger partial charge >= 0.3 is 0 Å². The molecule has 0 atom stereocenters. The smallest absolute Gasteiger partial charge is 0.279 e. The Labute approximate surface area is 107 Å². The number of aryl methyl sites for hydroxylation is 1. The molecule has 0 spiro atoms. The van der Waals surface area contributed by atoms with Gasteiger partial charge in [0.1, 0.15) is 17.5 Å². The number of H-pyrrole nitrogens is 1. The number of rotatable bonds is 3. The van der Waals surface area contributed by atoms with Crippen LogP contribution in [0.4, 0.5) is 20.2 Å². The first kappa shape index (κ1) is 13.3. The first-order valence-corrected chi connectivity index (χ1v) is 6.57. The molecule has 4 N–H and O–H groups in total. The first-order chi connectivity index (χ1) is 8.79. The molecule has 0 aliphatic rings. The van der Waals surface area contributed by atoms with Gasteiger partial charge < -0.3 is 10.7 Å². The number of hydrogen-bond donors (Lipinski definition) is 3. The molecule has 0 amide bonds. The van der Waals surface area contributed by atoms with Gasteiger partial charge in [0, 0.05) is 6.07 Å². The van der Waals surface area contributed by atoms with E-state index in [0.29, 0.717) is 11.9 Å². The Morgan fingerprint density at radius 3 is 2.58 bits per heavy atom. The Bertz CT molecular complexity index is 727. The van der Waals surface area contributed by atoms with E-state index in [1.54, 1.807) is 6.92 Å². The van der Waals surface area contributed by atoms with Crippen LogP contribution in [0.1, 0.15) is 5.82 Å². The molecule has 0 saturated carbocycles. The average Bonchev–Trinajstić information content (AvgIpc) is 2.73. The summed E-state index contributed by atoms with van der Waals surface area (Å²) in [7, 11) is -4.03. The highest BCUT2D eigenvalue weighted by atomic mass is 32.2. The fourth-order valence-electron chi connectivity index (χ4n) is 1.38. The minimum atomic E-state index is -4.03. The zero-order valence-electron chi connectivity index (χ0n) is 9.74. The molecule has 9 heteroatoms. The molecule has 6 nitrogen and oxygen atoms in total. The Balaban J connectivity index is 2.38. The molecule has 102 valence electrons. The van der Waals surface area contributed by atoms with Gasteiger partial charge in [0.2, 0.25) is 0 Å². The fourth-order valence-corrected chi connectivity index (χ4v) is 2.41. The Morgan fingerprint density at radius 2 is 2.00 bits per heavy atom. The van der Waals surface area contributed by atoms with Gasteiger partial charge in [-0.25, -0.2) is 13.8 Å². The lowest BCUT2D eigenvalue weighted by molar-refractivity contribution is 0.584. The molecular weight excluding hydrogens is 278 g/mol. The highest BCUT2D eigenvalue weighted by Gasteiger charge is 2.19. The first-order valence-electron chi connectivity index (χ1n) is 5.08. The van der Waals surface area contributed by atoms with Gasteiger partial charge in [-0.2, -0.15) is 8.42 Å². The number of nitrogens with two attached hydrogens (primary N) is 1. The molecule has 2 aromatic rings. The van der Waals surface area contributed by atoms with E-state index in [9.17, 15) is 17.2 Å². The number of imidazole rings is 1. The highest BCUT2D eigenvalue weighted by Crippen LogP contribution is 2.23. The zero-order chi connectivity index (χ0) is 14.2. The number of nitrogens with zero attached hydrogens (tertiary/aromatic N) is 1. The number of sulfonamides is 1. The van der Waals surface area contributed by atoms with E-state index in [1.807, 2.05) is 4.72 Å². The van der Waals surface area contributed by atoms with Gasteiger partial charge in [-0.1, -0.05) is 0 Å². The number of anilines is 2. The summed E-state index contributed by atoms with van der Waals surface area (Å²) in [4.78, 5) is 6.22. The van der Waals surface area contributed by atoms with Crippen molar-refractivity contribution in [3.8, 4) is 0 Å². The quantitative estimate of drug-likeness (QED) is 0.743. The molecule has 2 rings (SSSR count). The van der Waals surface area contributed by atoms with Crippen molar-refractivity contribution in [3.63, 3.8) is 0 Å². The molecule has 0 fully saturated rings. The molecule has 1 aromatic heterocycles. The summed E-state index contributed by atoms with van der Waals surface area (Å²) in [6, 6.07) is 1.37. The van der Waals surface area contributed by atoms with Crippen molar-refractivity contribution in [1.82, 2.24) is 9.97 Å². The lowest BCUT2D eigenvalue weighted by Gasteiger charge is -2.08. The van der Waals surface area contributed by atoms with Crippen molar-refractivity contribution in [3.05, 3.63) is 35.8 Å². The van der Waals surface area contributed by atoms with E-state index in [-0.39, 0.29) is 10.7 Å². The fraction of sp³-hybridized carbons (Fsp3) is 0.100. The number of aromatic nitrogens is 2. The van der Waals surface area contributed by atoms with Crippen LogP contribution in [0.15, 0.2) is 23.4 Å². The molecule has 0 radical (unpaired) electrons. The summed E-state index contributed by atoms with van der Waals surface area (Å²) < 4.78 is 52.1. The second kappa shape index (κ2) is 4.50. The summed E-state index contributed by atoms with van der Waals surface area (Å²) in [6.45, 7) is 1.56. The Morgan fingerprint density at radius 1 is 1.32 bits per heavy atom. The van der Waals surface area contributed by atoms with Crippen LogP contribution >= 0.6 is 0 Å². The van der Waals surface area contributed by atoms with Crippen molar-refractivity contribution < 1.29 is 17.2 Å². The van der Waals surface area contributed by atoms with Gasteiger partial charge in [0.25, 0.3) is 10.0 Å². The van der Waals surface area contributed by atoms with Crippen molar-refractivity contribution >= 4 is 21.4 Å². The number of halogens is 2. The summed E-state index contributed by atoms with van der Waals surface area (Å²) in [5, 5.41) is -0.229. The van der Waals surface area contributed by atoms with Gasteiger partial charge in [-0.05, 0) is 13.0 Å². The third kappa shape index (κ3) is 2.65. The number of nitrogens with one attached hydrogen (secondary N) is 2. The Kier molecular flexibility index (Phi) is 3.14. The highest BCUT2D eigenvalue weighted by molar-refractivity contribution is 7.92. The van der Waals surface area contributed by atoms with E-state index in [0.717, 1.165) is 12.3 Å². The molecule has 0 aliphatic heterocycles. The third-order valence-electron chi connectivity index (χ3n) is 2.30. The van der Waals surface area contributed by atoms with Gasteiger partial charge in [0.15, 0.2) is 5.03 Å². The van der Waals surface area contributed by atoms with Crippen molar-refractivity contribution in [2.45, 2.75) is 11.9 Å². The van der Waals surface area contributed by atoms with E-state index >= 15 is 0 Å². The van der Waals surface area contributed by atoms with Crippen molar-refractivity contribution in [2.24, 2.45) is 0 Å². The standard InChI is InChI=1S/C10H10F2N4O2S/c1-5-14-4-10(15-5)19(17,18)16-9-3-8(13)6(11)2-7(9)12/h2-4,16H,13H2,1H3,(H,14,15). The predicted octanol–water partition coefficient (Wildman–Crippen LogP) is 1.38. The second-order valence-electron chi connectivity index (χ2n) is 3.79. The minimum Gasteiger partial charge on any atom is -0.396 e. The van der Waals surface area contributed by atoms with Crippen LogP contribution in [0, 0.1) is 18.6 Å².